The Morgan fingerprint density at radius 1 is 1.21 bits per heavy atom. The number of rotatable bonds is 5. The molecule has 0 fully saturated rings. The van der Waals surface area contributed by atoms with Gasteiger partial charge in [0.1, 0.15) is 12.4 Å². The van der Waals surface area contributed by atoms with Gasteiger partial charge in [-0.15, -0.1) is 10.2 Å². The third-order valence-electron chi connectivity index (χ3n) is 4.54. The fourth-order valence-corrected chi connectivity index (χ4v) is 3.68. The van der Waals surface area contributed by atoms with E-state index in [-0.39, 0.29) is 12.3 Å². The van der Waals surface area contributed by atoms with Gasteiger partial charge in [-0.3, -0.25) is 10.1 Å². The molecule has 0 N–H and O–H groups in total. The zero-order chi connectivity index (χ0) is 19.7. The second-order valence-electron chi connectivity index (χ2n) is 6.34. The maximum absolute atomic E-state index is 11.0. The number of nitrogens with zero attached hydrogens (tertiary/aromatic N) is 5. The summed E-state index contributed by atoms with van der Waals surface area (Å²) in [7, 11) is 0. The Kier molecular flexibility index (Phi) is 4.82. The highest BCUT2D eigenvalue weighted by molar-refractivity contribution is 7.99. The molecule has 0 amide bonds. The number of hydrogen-bond acceptors (Lipinski definition) is 7. The molecule has 0 spiro atoms. The van der Waals surface area contributed by atoms with Gasteiger partial charge < -0.3 is 4.74 Å². The summed E-state index contributed by atoms with van der Waals surface area (Å²) in [6.45, 7) is 4.27. The Labute approximate surface area is 165 Å². The van der Waals surface area contributed by atoms with E-state index in [1.54, 1.807) is 10.7 Å². The Hall–Kier alpha value is -3.20. The summed E-state index contributed by atoms with van der Waals surface area (Å²) in [6, 6.07) is 12.4. The minimum Gasteiger partial charge on any atom is -0.485 e. The van der Waals surface area contributed by atoms with Crippen LogP contribution in [0.5, 0.6) is 5.75 Å². The Balaban J connectivity index is 1.60. The topological polar surface area (TPSA) is 95.4 Å². The molecule has 2 heterocycles. The second-order valence-corrected chi connectivity index (χ2v) is 7.28. The van der Waals surface area contributed by atoms with Gasteiger partial charge in [-0.1, -0.05) is 36.0 Å². The lowest BCUT2D eigenvalue weighted by atomic mass is 10.1. The van der Waals surface area contributed by atoms with Gasteiger partial charge in [-0.05, 0) is 31.0 Å². The normalized spacial score (nSPS) is 13.0. The molecule has 0 unspecified atom stereocenters. The summed E-state index contributed by atoms with van der Waals surface area (Å²) in [5, 5.41) is 24.7. The van der Waals surface area contributed by atoms with E-state index in [1.165, 1.54) is 23.9 Å². The summed E-state index contributed by atoms with van der Waals surface area (Å²) in [5.41, 5.74) is 3.72. The first-order valence-electron chi connectivity index (χ1n) is 8.61. The summed E-state index contributed by atoms with van der Waals surface area (Å²) >= 11 is 1.49. The number of ether oxygens (including phenoxy) is 1. The fraction of sp³-hybridized carbons (Fsp3) is 0.211. The van der Waals surface area contributed by atoms with Crippen molar-refractivity contribution in [3.8, 4) is 5.75 Å². The molecule has 1 aliphatic heterocycles. The molecule has 4 rings (SSSR count). The molecule has 0 radical (unpaired) electrons. The van der Waals surface area contributed by atoms with Crippen molar-refractivity contribution in [3.63, 3.8) is 0 Å². The number of nitro benzene ring substituents is 1. The zero-order valence-electron chi connectivity index (χ0n) is 15.3. The van der Waals surface area contributed by atoms with Crippen molar-refractivity contribution in [2.45, 2.75) is 25.6 Å². The van der Waals surface area contributed by atoms with Crippen LogP contribution >= 0.6 is 11.8 Å². The van der Waals surface area contributed by atoms with Crippen LogP contribution in [-0.4, -0.2) is 31.3 Å². The smallest absolute Gasteiger partial charge is 0.270 e. The molecule has 0 saturated carbocycles. The van der Waals surface area contributed by atoms with Gasteiger partial charge in [-0.25, -0.2) is 0 Å². The van der Waals surface area contributed by atoms with Gasteiger partial charge in [0.15, 0.2) is 5.82 Å². The number of benzene rings is 2. The lowest BCUT2D eigenvalue weighted by Crippen LogP contribution is -2.15. The minimum atomic E-state index is -0.409. The van der Waals surface area contributed by atoms with E-state index >= 15 is 0 Å². The SMILES string of the molecule is Cc1cccc(OCc2nnc3n2N=C(c2cccc([N+](=O)[O-])c2)CS3)c1C. The second kappa shape index (κ2) is 7.43. The van der Waals surface area contributed by atoms with Crippen LogP contribution in [0.15, 0.2) is 52.7 Å². The van der Waals surface area contributed by atoms with Crippen molar-refractivity contribution in [1.29, 1.82) is 0 Å². The van der Waals surface area contributed by atoms with Crippen molar-refractivity contribution < 1.29 is 9.66 Å². The first kappa shape index (κ1) is 18.2. The van der Waals surface area contributed by atoms with Gasteiger partial charge >= 0.3 is 0 Å². The van der Waals surface area contributed by atoms with Crippen molar-refractivity contribution in [3.05, 3.63) is 75.1 Å². The van der Waals surface area contributed by atoms with Crippen LogP contribution in [0.3, 0.4) is 0 Å². The van der Waals surface area contributed by atoms with Gasteiger partial charge in [0, 0.05) is 23.4 Å². The van der Waals surface area contributed by atoms with E-state index < -0.39 is 4.92 Å². The molecule has 0 bridgehead atoms. The standard InChI is InChI=1S/C19H17N5O3S/c1-12-5-3-8-17(13(12)2)27-10-18-20-21-19-23(18)22-16(11-28-19)14-6-4-7-15(9-14)24(25)26/h3-9H,10-11H2,1-2H3. The molecule has 9 heteroatoms. The van der Waals surface area contributed by atoms with Crippen molar-refractivity contribution >= 4 is 23.2 Å². The Bertz CT molecular complexity index is 1090. The van der Waals surface area contributed by atoms with Crippen LogP contribution < -0.4 is 4.74 Å². The molecule has 1 aliphatic rings. The third kappa shape index (κ3) is 3.48. The lowest BCUT2D eigenvalue weighted by Gasteiger charge is -2.14. The van der Waals surface area contributed by atoms with Crippen LogP contribution in [0.4, 0.5) is 5.69 Å². The number of fused-ring (bicyclic) bond motifs is 1. The largest absolute Gasteiger partial charge is 0.485 e. The van der Waals surface area contributed by atoms with E-state index in [0.29, 0.717) is 22.3 Å². The molecule has 0 aliphatic carbocycles. The maximum Gasteiger partial charge on any atom is 0.270 e. The molecular formula is C19H17N5O3S. The maximum atomic E-state index is 11.0. The van der Waals surface area contributed by atoms with E-state index in [4.69, 9.17) is 4.74 Å². The third-order valence-corrected chi connectivity index (χ3v) is 5.47. The number of nitro groups is 1. The first-order chi connectivity index (χ1) is 13.5. The van der Waals surface area contributed by atoms with Crippen LogP contribution in [0, 0.1) is 24.0 Å². The molecule has 0 saturated heterocycles. The average Bonchev–Trinajstić information content (AvgIpc) is 3.11. The highest BCUT2D eigenvalue weighted by Crippen LogP contribution is 2.26. The van der Waals surface area contributed by atoms with Gasteiger partial charge in [-0.2, -0.15) is 9.78 Å². The predicted octanol–water partition coefficient (Wildman–Crippen LogP) is 3.74. The number of aryl methyl sites for hydroxylation is 1. The summed E-state index contributed by atoms with van der Waals surface area (Å²) in [4.78, 5) is 10.6. The van der Waals surface area contributed by atoms with Gasteiger partial charge in [0.2, 0.25) is 5.16 Å². The highest BCUT2D eigenvalue weighted by Gasteiger charge is 2.21. The van der Waals surface area contributed by atoms with Crippen molar-refractivity contribution in [2.75, 3.05) is 5.75 Å². The molecule has 28 heavy (non-hydrogen) atoms. The van der Waals surface area contributed by atoms with E-state index in [2.05, 4.69) is 15.3 Å². The summed E-state index contributed by atoms with van der Waals surface area (Å²) in [5.74, 6) is 1.94. The predicted molar refractivity (Wildman–Crippen MR) is 106 cm³/mol. The monoisotopic (exact) mass is 395 g/mol. The molecule has 1 aromatic heterocycles. The molecular weight excluding hydrogens is 378 g/mol. The van der Waals surface area contributed by atoms with Crippen LogP contribution in [-0.2, 0) is 6.61 Å². The quantitative estimate of drug-likeness (QED) is 0.482. The lowest BCUT2D eigenvalue weighted by molar-refractivity contribution is -0.384. The average molecular weight is 395 g/mol. The van der Waals surface area contributed by atoms with E-state index in [9.17, 15) is 10.1 Å². The van der Waals surface area contributed by atoms with Gasteiger partial charge in [0.05, 0.1) is 10.6 Å². The molecule has 8 nitrogen and oxygen atoms in total. The minimum absolute atomic E-state index is 0.0400. The summed E-state index contributed by atoms with van der Waals surface area (Å²) < 4.78 is 7.57. The van der Waals surface area contributed by atoms with E-state index in [1.807, 2.05) is 38.1 Å². The Morgan fingerprint density at radius 3 is 2.86 bits per heavy atom. The number of aromatic nitrogens is 3. The molecule has 142 valence electrons. The molecule has 3 aromatic rings. The number of hydrogen-bond donors (Lipinski definition) is 0. The van der Waals surface area contributed by atoms with Crippen molar-refractivity contribution in [1.82, 2.24) is 14.9 Å². The highest BCUT2D eigenvalue weighted by atomic mass is 32.2. The zero-order valence-corrected chi connectivity index (χ0v) is 16.1. The van der Waals surface area contributed by atoms with Crippen LogP contribution in [0.25, 0.3) is 0 Å². The molecule has 2 aromatic carbocycles. The van der Waals surface area contributed by atoms with Crippen LogP contribution in [0.2, 0.25) is 0 Å². The summed E-state index contributed by atoms with van der Waals surface area (Å²) in [6.07, 6.45) is 0. The van der Waals surface area contributed by atoms with E-state index in [0.717, 1.165) is 22.6 Å². The van der Waals surface area contributed by atoms with Crippen molar-refractivity contribution in [2.24, 2.45) is 5.10 Å². The Morgan fingerprint density at radius 2 is 2.04 bits per heavy atom. The van der Waals surface area contributed by atoms with Crippen LogP contribution in [0.1, 0.15) is 22.5 Å². The molecule has 0 atom stereocenters. The number of thioether (sulfide) groups is 1. The fourth-order valence-electron chi connectivity index (χ4n) is 2.82. The number of non-ortho nitro benzene ring substituents is 1. The van der Waals surface area contributed by atoms with Gasteiger partial charge in [0.25, 0.3) is 5.69 Å². The first-order valence-corrected chi connectivity index (χ1v) is 9.60.